The highest BCUT2D eigenvalue weighted by Crippen LogP contribution is 2.23. The van der Waals surface area contributed by atoms with Crippen LogP contribution in [0.5, 0.6) is 0 Å². The third kappa shape index (κ3) is 4.22. The third-order valence-corrected chi connectivity index (χ3v) is 4.29. The molecular weight excluding hydrogens is 278 g/mol. The van der Waals surface area contributed by atoms with Gasteiger partial charge in [0.15, 0.2) is 0 Å². The van der Waals surface area contributed by atoms with Gasteiger partial charge < -0.3 is 0 Å². The van der Waals surface area contributed by atoms with Gasteiger partial charge in [-0.1, -0.05) is 22.9 Å². The van der Waals surface area contributed by atoms with Crippen LogP contribution in [0.2, 0.25) is 0 Å². The number of non-ortho nitro benzene ring substituents is 1. The molecule has 1 rings (SSSR count). The third-order valence-electron chi connectivity index (χ3n) is 1.85. The van der Waals surface area contributed by atoms with Crippen LogP contribution >= 0.6 is 27.7 Å². The fraction of sp³-hybridized carbons (Fsp3) is 0.400. The molecule has 5 heteroatoms. The Kier molecular flexibility index (Phi) is 5.11. The molecule has 1 unspecified atom stereocenters. The summed E-state index contributed by atoms with van der Waals surface area (Å²) in [5.74, 6) is 1.62. The second kappa shape index (κ2) is 6.12. The average molecular weight is 290 g/mol. The van der Waals surface area contributed by atoms with Crippen molar-refractivity contribution in [2.75, 3.05) is 11.1 Å². The van der Waals surface area contributed by atoms with E-state index in [1.165, 1.54) is 0 Å². The van der Waals surface area contributed by atoms with Crippen molar-refractivity contribution in [3.8, 4) is 0 Å². The van der Waals surface area contributed by atoms with E-state index in [1.54, 1.807) is 36.0 Å². The maximum atomic E-state index is 10.4. The Bertz CT molecular complexity index is 329. The lowest BCUT2D eigenvalue weighted by Crippen LogP contribution is -1.98. The van der Waals surface area contributed by atoms with Gasteiger partial charge in [0.1, 0.15) is 0 Å². The molecule has 0 aliphatic rings. The summed E-state index contributed by atoms with van der Waals surface area (Å²) in [5, 5.41) is 11.4. The van der Waals surface area contributed by atoms with Crippen molar-refractivity contribution in [2.45, 2.75) is 11.8 Å². The summed E-state index contributed by atoms with van der Waals surface area (Å²) in [6, 6.07) is 6.68. The summed E-state index contributed by atoms with van der Waals surface area (Å²) in [6.45, 7) is 2.16. The molecule has 0 aromatic heterocycles. The quantitative estimate of drug-likeness (QED) is 0.359. The summed E-state index contributed by atoms with van der Waals surface area (Å²) < 4.78 is 0. The fourth-order valence-electron chi connectivity index (χ4n) is 0.947. The minimum absolute atomic E-state index is 0.146. The van der Waals surface area contributed by atoms with Gasteiger partial charge in [-0.25, -0.2) is 0 Å². The molecule has 0 spiro atoms. The Morgan fingerprint density at radius 1 is 1.47 bits per heavy atom. The van der Waals surface area contributed by atoms with Crippen molar-refractivity contribution in [2.24, 2.45) is 5.92 Å². The molecule has 15 heavy (non-hydrogen) atoms. The van der Waals surface area contributed by atoms with Crippen molar-refractivity contribution < 1.29 is 4.92 Å². The monoisotopic (exact) mass is 289 g/mol. The van der Waals surface area contributed by atoms with Crippen LogP contribution in [0.1, 0.15) is 6.92 Å². The number of alkyl halides is 1. The Morgan fingerprint density at radius 2 is 2.07 bits per heavy atom. The van der Waals surface area contributed by atoms with Gasteiger partial charge >= 0.3 is 0 Å². The average Bonchev–Trinajstić information content (AvgIpc) is 2.26. The molecule has 3 nitrogen and oxygen atoms in total. The maximum absolute atomic E-state index is 10.4. The molecule has 0 saturated heterocycles. The van der Waals surface area contributed by atoms with E-state index in [-0.39, 0.29) is 10.6 Å². The van der Waals surface area contributed by atoms with Crippen LogP contribution < -0.4 is 0 Å². The highest BCUT2D eigenvalue weighted by Gasteiger charge is 2.05. The zero-order valence-electron chi connectivity index (χ0n) is 8.35. The highest BCUT2D eigenvalue weighted by molar-refractivity contribution is 9.09. The molecule has 0 amide bonds. The molecule has 0 saturated carbocycles. The maximum Gasteiger partial charge on any atom is 0.269 e. The van der Waals surface area contributed by atoms with E-state index in [9.17, 15) is 10.1 Å². The summed E-state index contributed by atoms with van der Waals surface area (Å²) >= 11 is 5.14. The predicted molar refractivity (Wildman–Crippen MR) is 66.8 cm³/mol. The SMILES string of the molecule is CC(CBr)CSc1ccc([N+](=O)[O-])cc1. The van der Waals surface area contributed by atoms with Crippen molar-refractivity contribution in [1.82, 2.24) is 0 Å². The number of halogens is 1. The zero-order valence-corrected chi connectivity index (χ0v) is 10.8. The molecule has 0 fully saturated rings. The fourth-order valence-corrected chi connectivity index (χ4v) is 2.40. The molecule has 0 radical (unpaired) electrons. The van der Waals surface area contributed by atoms with Crippen LogP contribution in [0.4, 0.5) is 5.69 Å². The van der Waals surface area contributed by atoms with Crippen LogP contribution in [-0.4, -0.2) is 16.0 Å². The summed E-state index contributed by atoms with van der Waals surface area (Å²) in [5.41, 5.74) is 0.146. The van der Waals surface area contributed by atoms with Crippen LogP contribution in [0.3, 0.4) is 0 Å². The Balaban J connectivity index is 2.53. The molecule has 1 aromatic rings. The Morgan fingerprint density at radius 3 is 2.53 bits per heavy atom. The first kappa shape index (κ1) is 12.5. The van der Waals surface area contributed by atoms with Crippen LogP contribution in [0.25, 0.3) is 0 Å². The van der Waals surface area contributed by atoms with E-state index >= 15 is 0 Å². The number of rotatable bonds is 5. The smallest absolute Gasteiger partial charge is 0.258 e. The van der Waals surface area contributed by atoms with Crippen molar-refractivity contribution >= 4 is 33.4 Å². The molecule has 0 aliphatic carbocycles. The zero-order chi connectivity index (χ0) is 11.3. The first-order valence-corrected chi connectivity index (χ1v) is 6.67. The van der Waals surface area contributed by atoms with Gasteiger partial charge in [0, 0.05) is 28.1 Å². The van der Waals surface area contributed by atoms with Gasteiger partial charge in [0.25, 0.3) is 5.69 Å². The lowest BCUT2D eigenvalue weighted by molar-refractivity contribution is -0.384. The van der Waals surface area contributed by atoms with Crippen LogP contribution in [-0.2, 0) is 0 Å². The van der Waals surface area contributed by atoms with E-state index in [4.69, 9.17) is 0 Å². The largest absolute Gasteiger partial charge is 0.269 e. The second-order valence-electron chi connectivity index (χ2n) is 3.32. The molecule has 1 atom stereocenters. The lowest BCUT2D eigenvalue weighted by Gasteiger charge is -2.06. The Hall–Kier alpha value is -0.550. The van der Waals surface area contributed by atoms with Crippen molar-refractivity contribution in [1.29, 1.82) is 0 Å². The molecular formula is C10H12BrNO2S. The van der Waals surface area contributed by atoms with Gasteiger partial charge in [0.2, 0.25) is 0 Å². The van der Waals surface area contributed by atoms with Gasteiger partial charge in [-0.3, -0.25) is 10.1 Å². The molecule has 0 heterocycles. The number of hydrogen-bond donors (Lipinski definition) is 0. The minimum Gasteiger partial charge on any atom is -0.258 e. The molecule has 0 bridgehead atoms. The first-order chi connectivity index (χ1) is 7.13. The first-order valence-electron chi connectivity index (χ1n) is 4.56. The number of nitro groups is 1. The van der Waals surface area contributed by atoms with Gasteiger partial charge in [-0.15, -0.1) is 11.8 Å². The van der Waals surface area contributed by atoms with E-state index in [0.29, 0.717) is 5.92 Å². The van der Waals surface area contributed by atoms with Crippen molar-refractivity contribution in [3.63, 3.8) is 0 Å². The van der Waals surface area contributed by atoms with E-state index in [2.05, 4.69) is 22.9 Å². The number of nitrogens with zero attached hydrogens (tertiary/aromatic N) is 1. The normalized spacial score (nSPS) is 12.4. The number of benzene rings is 1. The summed E-state index contributed by atoms with van der Waals surface area (Å²) in [7, 11) is 0. The van der Waals surface area contributed by atoms with Gasteiger partial charge in [-0.2, -0.15) is 0 Å². The summed E-state index contributed by atoms with van der Waals surface area (Å²) in [6.07, 6.45) is 0. The minimum atomic E-state index is -0.379. The second-order valence-corrected chi connectivity index (χ2v) is 5.06. The van der Waals surface area contributed by atoms with E-state index < -0.39 is 0 Å². The molecule has 1 aromatic carbocycles. The van der Waals surface area contributed by atoms with E-state index in [0.717, 1.165) is 16.0 Å². The molecule has 0 N–H and O–H groups in total. The number of hydrogen-bond acceptors (Lipinski definition) is 3. The highest BCUT2D eigenvalue weighted by atomic mass is 79.9. The standard InChI is InChI=1S/C10H12BrNO2S/c1-8(6-11)7-15-10-4-2-9(3-5-10)12(13)14/h2-5,8H,6-7H2,1H3. The summed E-state index contributed by atoms with van der Waals surface area (Å²) in [4.78, 5) is 11.1. The molecule has 82 valence electrons. The predicted octanol–water partition coefficient (Wildman–Crippen LogP) is 3.72. The van der Waals surface area contributed by atoms with Crippen LogP contribution in [0, 0.1) is 16.0 Å². The van der Waals surface area contributed by atoms with Crippen LogP contribution in [0.15, 0.2) is 29.2 Å². The van der Waals surface area contributed by atoms with Gasteiger partial charge in [0.05, 0.1) is 4.92 Å². The Labute approximate surface area is 102 Å². The lowest BCUT2D eigenvalue weighted by atomic mass is 10.3. The number of thioether (sulfide) groups is 1. The molecule has 0 aliphatic heterocycles. The van der Waals surface area contributed by atoms with Crippen molar-refractivity contribution in [3.05, 3.63) is 34.4 Å². The number of nitro benzene ring substituents is 1. The van der Waals surface area contributed by atoms with E-state index in [1.807, 2.05) is 0 Å². The topological polar surface area (TPSA) is 43.1 Å². The van der Waals surface area contributed by atoms with Gasteiger partial charge in [-0.05, 0) is 18.1 Å².